The molecule has 0 saturated carbocycles. The lowest BCUT2D eigenvalue weighted by Crippen LogP contribution is -2.38. The van der Waals surface area contributed by atoms with Gasteiger partial charge in [0.2, 0.25) is 10.0 Å². The number of nitrogens with one attached hydrogen (secondary N) is 1. The van der Waals surface area contributed by atoms with Crippen molar-refractivity contribution < 1.29 is 18.3 Å². The SMILES string of the molecule is COc1ccc(S(=O)(=O)NCC(C)(O)c2ccc(-c3ccccc3)cc2)cc1. The molecule has 0 aliphatic heterocycles. The van der Waals surface area contributed by atoms with Gasteiger partial charge in [-0.05, 0) is 47.9 Å². The quantitative estimate of drug-likeness (QED) is 0.639. The summed E-state index contributed by atoms with van der Waals surface area (Å²) in [6, 6.07) is 23.4. The molecule has 0 aliphatic rings. The summed E-state index contributed by atoms with van der Waals surface area (Å²) < 4.78 is 32.5. The van der Waals surface area contributed by atoms with E-state index in [1.807, 2.05) is 54.6 Å². The minimum absolute atomic E-state index is 0.114. The molecule has 5 nitrogen and oxygen atoms in total. The maximum atomic E-state index is 12.5. The maximum absolute atomic E-state index is 12.5. The Labute approximate surface area is 165 Å². The van der Waals surface area contributed by atoms with Gasteiger partial charge in [0.25, 0.3) is 0 Å². The largest absolute Gasteiger partial charge is 0.497 e. The van der Waals surface area contributed by atoms with Crippen LogP contribution in [0.4, 0.5) is 0 Å². The van der Waals surface area contributed by atoms with Crippen LogP contribution in [0.3, 0.4) is 0 Å². The highest BCUT2D eigenvalue weighted by atomic mass is 32.2. The molecule has 0 bridgehead atoms. The van der Waals surface area contributed by atoms with Gasteiger partial charge in [0.1, 0.15) is 11.4 Å². The Morgan fingerprint density at radius 3 is 2.04 bits per heavy atom. The molecule has 0 amide bonds. The number of methoxy groups -OCH3 is 1. The first-order valence-electron chi connectivity index (χ1n) is 8.84. The summed E-state index contributed by atoms with van der Waals surface area (Å²) in [5.41, 5.74) is 1.38. The third-order valence-corrected chi connectivity index (χ3v) is 6.01. The lowest BCUT2D eigenvalue weighted by atomic mass is 9.94. The third kappa shape index (κ3) is 4.59. The van der Waals surface area contributed by atoms with Crippen LogP contribution in [0.5, 0.6) is 5.75 Å². The van der Waals surface area contributed by atoms with Gasteiger partial charge in [-0.3, -0.25) is 0 Å². The minimum atomic E-state index is -3.74. The van der Waals surface area contributed by atoms with Crippen molar-refractivity contribution in [3.8, 4) is 16.9 Å². The summed E-state index contributed by atoms with van der Waals surface area (Å²) in [5.74, 6) is 0.574. The Balaban J connectivity index is 1.72. The van der Waals surface area contributed by atoms with E-state index in [1.165, 1.54) is 19.2 Å². The third-order valence-electron chi connectivity index (χ3n) is 4.59. The van der Waals surface area contributed by atoms with E-state index in [4.69, 9.17) is 4.74 Å². The van der Waals surface area contributed by atoms with Crippen molar-refractivity contribution in [3.05, 3.63) is 84.4 Å². The number of sulfonamides is 1. The minimum Gasteiger partial charge on any atom is -0.497 e. The van der Waals surface area contributed by atoms with Crippen LogP contribution in [0, 0.1) is 0 Å². The number of rotatable bonds is 7. The Morgan fingerprint density at radius 2 is 1.46 bits per heavy atom. The molecule has 146 valence electrons. The van der Waals surface area contributed by atoms with Gasteiger partial charge in [0.15, 0.2) is 0 Å². The van der Waals surface area contributed by atoms with E-state index in [0.717, 1.165) is 11.1 Å². The van der Waals surface area contributed by atoms with E-state index < -0.39 is 15.6 Å². The summed E-state index contributed by atoms with van der Waals surface area (Å²) in [6.07, 6.45) is 0. The van der Waals surface area contributed by atoms with Gasteiger partial charge in [-0.1, -0.05) is 54.6 Å². The molecule has 0 aromatic heterocycles. The molecule has 3 aromatic carbocycles. The second kappa shape index (κ2) is 8.14. The average molecular weight is 397 g/mol. The molecule has 1 unspecified atom stereocenters. The summed E-state index contributed by atoms with van der Waals surface area (Å²) in [4.78, 5) is 0.114. The van der Waals surface area contributed by atoms with E-state index in [-0.39, 0.29) is 11.4 Å². The molecular formula is C22H23NO4S. The Kier molecular flexibility index (Phi) is 5.84. The van der Waals surface area contributed by atoms with Gasteiger partial charge in [-0.25, -0.2) is 13.1 Å². The number of benzene rings is 3. The summed E-state index contributed by atoms with van der Waals surface area (Å²) in [6.45, 7) is 1.44. The first kappa shape index (κ1) is 20.1. The predicted molar refractivity (Wildman–Crippen MR) is 110 cm³/mol. The van der Waals surface area contributed by atoms with Crippen LogP contribution < -0.4 is 9.46 Å². The zero-order valence-electron chi connectivity index (χ0n) is 15.8. The lowest BCUT2D eigenvalue weighted by molar-refractivity contribution is 0.0627. The Morgan fingerprint density at radius 1 is 0.893 bits per heavy atom. The molecule has 0 saturated heterocycles. The first-order chi connectivity index (χ1) is 13.3. The second-order valence-electron chi connectivity index (χ2n) is 6.72. The summed E-state index contributed by atoms with van der Waals surface area (Å²) in [7, 11) is -2.23. The topological polar surface area (TPSA) is 75.6 Å². The number of hydrogen-bond donors (Lipinski definition) is 2. The van der Waals surface area contributed by atoms with Gasteiger partial charge < -0.3 is 9.84 Å². The monoisotopic (exact) mass is 397 g/mol. The fourth-order valence-electron chi connectivity index (χ4n) is 2.83. The van der Waals surface area contributed by atoms with E-state index >= 15 is 0 Å². The van der Waals surface area contributed by atoms with Crippen LogP contribution in [0.2, 0.25) is 0 Å². The van der Waals surface area contributed by atoms with Crippen molar-refractivity contribution in [2.24, 2.45) is 0 Å². The van der Waals surface area contributed by atoms with Crippen LogP contribution >= 0.6 is 0 Å². The van der Waals surface area contributed by atoms with Crippen molar-refractivity contribution >= 4 is 10.0 Å². The molecule has 6 heteroatoms. The summed E-state index contributed by atoms with van der Waals surface area (Å²) >= 11 is 0. The number of ether oxygens (including phenoxy) is 1. The fraction of sp³-hybridized carbons (Fsp3) is 0.182. The smallest absolute Gasteiger partial charge is 0.240 e. The van der Waals surface area contributed by atoms with Crippen molar-refractivity contribution in [3.63, 3.8) is 0 Å². The summed E-state index contributed by atoms with van der Waals surface area (Å²) in [5, 5.41) is 10.8. The number of aliphatic hydroxyl groups is 1. The molecular weight excluding hydrogens is 374 g/mol. The molecule has 3 rings (SSSR count). The van der Waals surface area contributed by atoms with Gasteiger partial charge in [0, 0.05) is 6.54 Å². The highest BCUT2D eigenvalue weighted by Crippen LogP contribution is 2.25. The van der Waals surface area contributed by atoms with Crippen LogP contribution in [-0.4, -0.2) is 27.2 Å². The van der Waals surface area contributed by atoms with Gasteiger partial charge in [-0.15, -0.1) is 0 Å². The van der Waals surface area contributed by atoms with E-state index in [1.54, 1.807) is 19.1 Å². The zero-order chi connectivity index (χ0) is 20.2. The zero-order valence-corrected chi connectivity index (χ0v) is 16.6. The van der Waals surface area contributed by atoms with E-state index in [0.29, 0.717) is 11.3 Å². The molecule has 0 spiro atoms. The highest BCUT2D eigenvalue weighted by molar-refractivity contribution is 7.89. The Bertz CT molecular complexity index is 1010. The molecule has 0 heterocycles. The van der Waals surface area contributed by atoms with Crippen molar-refractivity contribution in [1.82, 2.24) is 4.72 Å². The molecule has 3 aromatic rings. The molecule has 2 N–H and O–H groups in total. The molecule has 0 aliphatic carbocycles. The average Bonchev–Trinajstić information content (AvgIpc) is 2.73. The maximum Gasteiger partial charge on any atom is 0.240 e. The fourth-order valence-corrected chi connectivity index (χ4v) is 3.96. The van der Waals surface area contributed by atoms with Crippen LogP contribution in [-0.2, 0) is 15.6 Å². The molecule has 0 fully saturated rings. The van der Waals surface area contributed by atoms with E-state index in [2.05, 4.69) is 4.72 Å². The molecule has 0 radical (unpaired) electrons. The van der Waals surface area contributed by atoms with Gasteiger partial charge >= 0.3 is 0 Å². The van der Waals surface area contributed by atoms with Crippen molar-refractivity contribution in [1.29, 1.82) is 0 Å². The van der Waals surface area contributed by atoms with Gasteiger partial charge in [-0.2, -0.15) is 0 Å². The highest BCUT2D eigenvalue weighted by Gasteiger charge is 2.26. The van der Waals surface area contributed by atoms with Crippen LogP contribution in [0.15, 0.2) is 83.8 Å². The van der Waals surface area contributed by atoms with Gasteiger partial charge in [0.05, 0.1) is 12.0 Å². The Hall–Kier alpha value is -2.67. The first-order valence-corrected chi connectivity index (χ1v) is 10.3. The second-order valence-corrected chi connectivity index (χ2v) is 8.48. The standard InChI is InChI=1S/C22H23NO4S/c1-22(24,16-23-28(25,26)21-14-12-20(27-2)13-15-21)19-10-8-18(9-11-19)17-6-4-3-5-7-17/h3-15,23-24H,16H2,1-2H3. The van der Waals surface area contributed by atoms with Crippen molar-refractivity contribution in [2.45, 2.75) is 17.4 Å². The number of hydrogen-bond acceptors (Lipinski definition) is 4. The molecule has 1 atom stereocenters. The van der Waals surface area contributed by atoms with Crippen molar-refractivity contribution in [2.75, 3.05) is 13.7 Å². The predicted octanol–water partition coefficient (Wildman–Crippen LogP) is 3.55. The van der Waals surface area contributed by atoms with E-state index in [9.17, 15) is 13.5 Å². The normalized spacial score (nSPS) is 13.7. The van der Waals surface area contributed by atoms with Crippen LogP contribution in [0.25, 0.3) is 11.1 Å². The molecule has 28 heavy (non-hydrogen) atoms. The lowest BCUT2D eigenvalue weighted by Gasteiger charge is -2.24. The van der Waals surface area contributed by atoms with Crippen LogP contribution in [0.1, 0.15) is 12.5 Å².